The molecule has 8 rings (SSSR count). The first kappa shape index (κ1) is 37.2. The Kier molecular flexibility index (Phi) is 10.2. The third-order valence-corrected chi connectivity index (χ3v) is 15.7. The van der Waals surface area contributed by atoms with E-state index in [0.29, 0.717) is 0 Å². The largest absolute Gasteiger partial charge is 0.364 e. The van der Waals surface area contributed by atoms with Gasteiger partial charge in [-0.3, -0.25) is 19.2 Å². The van der Waals surface area contributed by atoms with Crippen molar-refractivity contribution in [2.24, 2.45) is 47.3 Å². The molecule has 4 aliphatic carbocycles. The first-order chi connectivity index (χ1) is 26.4. The van der Waals surface area contributed by atoms with Crippen LogP contribution in [0.4, 0.5) is 0 Å². The lowest BCUT2D eigenvalue weighted by atomic mass is 9.47. The van der Waals surface area contributed by atoms with Gasteiger partial charge in [-0.1, -0.05) is 127 Å². The van der Waals surface area contributed by atoms with Gasteiger partial charge in [0.25, 0.3) is 0 Å². The molecule has 4 saturated heterocycles. The average Bonchev–Trinajstić information content (AvgIpc) is 3.95. The van der Waals surface area contributed by atoms with E-state index in [-0.39, 0.29) is 23.1 Å². The fraction of sp³-hybridized carbons (Fsp3) is 0.750. The lowest BCUT2D eigenvalue weighted by Crippen LogP contribution is -2.60. The number of rotatable bonds is 20. The first-order valence-corrected chi connectivity index (χ1v) is 22.8. The maximum atomic E-state index is 15.6. The van der Waals surface area contributed by atoms with Crippen molar-refractivity contribution in [3.05, 3.63) is 44.6 Å². The molecular formula is C48H64O6. The summed E-state index contributed by atoms with van der Waals surface area (Å²) in [6, 6.07) is 0. The van der Waals surface area contributed by atoms with Crippen LogP contribution in [0.5, 0.6) is 0 Å². The smallest absolute Gasteiger partial charge is 0.147 e. The Hall–Kier alpha value is -2.44. The van der Waals surface area contributed by atoms with Crippen molar-refractivity contribution in [2.75, 3.05) is 0 Å². The van der Waals surface area contributed by atoms with E-state index in [1.807, 2.05) is 0 Å². The van der Waals surface area contributed by atoms with Crippen LogP contribution in [-0.4, -0.2) is 47.5 Å². The van der Waals surface area contributed by atoms with E-state index in [1.54, 1.807) is 0 Å². The molecule has 4 bridgehead atoms. The Balaban J connectivity index is 1.27. The molecule has 6 heteroatoms. The van der Waals surface area contributed by atoms with Gasteiger partial charge in [0.2, 0.25) is 0 Å². The quantitative estimate of drug-likeness (QED) is 0.116. The number of unbranched alkanes of at least 4 members (excludes halogenated alkanes) is 12. The molecule has 0 N–H and O–H groups in total. The van der Waals surface area contributed by atoms with Gasteiger partial charge < -0.3 is 9.47 Å². The third-order valence-electron chi connectivity index (χ3n) is 15.7. The third kappa shape index (κ3) is 5.22. The monoisotopic (exact) mass is 736 g/mol. The van der Waals surface area contributed by atoms with Gasteiger partial charge in [0.15, 0.2) is 0 Å². The van der Waals surface area contributed by atoms with E-state index in [2.05, 4.69) is 27.7 Å². The van der Waals surface area contributed by atoms with Crippen LogP contribution in [0.3, 0.4) is 0 Å². The van der Waals surface area contributed by atoms with Gasteiger partial charge in [-0.25, -0.2) is 0 Å². The summed E-state index contributed by atoms with van der Waals surface area (Å²) in [5.41, 5.74) is 8.66. The minimum atomic E-state index is -0.517. The average molecular weight is 737 g/mol. The highest BCUT2D eigenvalue weighted by Crippen LogP contribution is 2.68. The van der Waals surface area contributed by atoms with Crippen molar-refractivity contribution in [1.82, 2.24) is 0 Å². The second-order valence-electron chi connectivity index (χ2n) is 18.6. The molecule has 0 radical (unpaired) electrons. The van der Waals surface area contributed by atoms with Gasteiger partial charge >= 0.3 is 0 Å². The van der Waals surface area contributed by atoms with Crippen LogP contribution in [0.2, 0.25) is 0 Å². The zero-order valence-corrected chi connectivity index (χ0v) is 33.5. The second-order valence-corrected chi connectivity index (χ2v) is 18.6. The molecule has 2 saturated carbocycles. The summed E-state index contributed by atoms with van der Waals surface area (Å²) in [4.78, 5) is 62.4. The summed E-state index contributed by atoms with van der Waals surface area (Å²) in [6.45, 7) is 8.86. The molecule has 54 heavy (non-hydrogen) atoms. The van der Waals surface area contributed by atoms with Crippen LogP contribution in [0, 0.1) is 47.3 Å². The molecule has 0 spiro atoms. The molecule has 8 aliphatic rings. The van der Waals surface area contributed by atoms with E-state index < -0.39 is 71.8 Å². The standard InChI is InChI=1S/C48H64O6/c1-5-9-13-17-21-25-29-30-26(22-18-14-10-6-2)34-33(25)45-38-40(46(34)53-45)44(52)32-28(24-20-16-12-8-4)36-35(27(31(32)43(38)51)23-19-15-11-7-3)47-37(41(29)49)39(42(30)50)48(36)54-47/h29-32,37-40,45-48H,5-24H2,1-4H3. The summed E-state index contributed by atoms with van der Waals surface area (Å²) in [6.07, 6.45) is 18.2. The van der Waals surface area contributed by atoms with Crippen LogP contribution < -0.4 is 0 Å². The summed E-state index contributed by atoms with van der Waals surface area (Å²) in [7, 11) is 0. The van der Waals surface area contributed by atoms with Crippen LogP contribution in [0.15, 0.2) is 44.6 Å². The van der Waals surface area contributed by atoms with E-state index in [4.69, 9.17) is 9.47 Å². The molecule has 0 aromatic carbocycles. The fourth-order valence-electron chi connectivity index (χ4n) is 13.5. The van der Waals surface area contributed by atoms with E-state index in [1.165, 1.54) is 0 Å². The summed E-state index contributed by atoms with van der Waals surface area (Å²) >= 11 is 0. The number of ketones is 4. The van der Waals surface area contributed by atoms with Gasteiger partial charge in [-0.15, -0.1) is 0 Å². The summed E-state index contributed by atoms with van der Waals surface area (Å²) in [5.74, 6) is -3.19. The molecule has 0 aromatic rings. The topological polar surface area (TPSA) is 86.7 Å². The second kappa shape index (κ2) is 14.8. The zero-order valence-electron chi connectivity index (χ0n) is 33.5. The minimum Gasteiger partial charge on any atom is -0.364 e. The van der Waals surface area contributed by atoms with E-state index >= 15 is 19.2 Å². The van der Waals surface area contributed by atoms with Gasteiger partial charge in [-0.05, 0) is 73.7 Å². The number of carbonyl (C=O) groups is 4. The van der Waals surface area contributed by atoms with Crippen LogP contribution in [0.25, 0.3) is 0 Å². The van der Waals surface area contributed by atoms with Gasteiger partial charge in [0.1, 0.15) is 23.1 Å². The van der Waals surface area contributed by atoms with Crippen LogP contribution >= 0.6 is 0 Å². The predicted octanol–water partition coefficient (Wildman–Crippen LogP) is 9.89. The van der Waals surface area contributed by atoms with Crippen LogP contribution in [-0.2, 0) is 28.7 Å². The van der Waals surface area contributed by atoms with E-state index in [0.717, 1.165) is 173 Å². The van der Waals surface area contributed by atoms with Gasteiger partial charge in [0, 0.05) is 0 Å². The van der Waals surface area contributed by atoms with Crippen molar-refractivity contribution >= 4 is 23.1 Å². The van der Waals surface area contributed by atoms with Crippen molar-refractivity contribution in [3.8, 4) is 0 Å². The highest BCUT2D eigenvalue weighted by atomic mass is 16.5. The van der Waals surface area contributed by atoms with Crippen molar-refractivity contribution < 1.29 is 28.7 Å². The number of carbonyl (C=O) groups excluding carboxylic acids is 4. The maximum Gasteiger partial charge on any atom is 0.147 e. The Morgan fingerprint density at radius 2 is 0.556 bits per heavy atom. The Morgan fingerprint density at radius 3 is 0.759 bits per heavy atom. The molecule has 12 unspecified atom stereocenters. The number of ether oxygens (including phenoxy) is 2. The predicted molar refractivity (Wildman–Crippen MR) is 208 cm³/mol. The molecule has 4 aliphatic heterocycles. The Labute approximate surface area is 323 Å². The number of allylic oxidation sites excluding steroid dienone is 4. The highest BCUT2D eigenvalue weighted by Gasteiger charge is 2.74. The van der Waals surface area contributed by atoms with Gasteiger partial charge in [0.05, 0.1) is 71.8 Å². The molecular weight excluding hydrogens is 673 g/mol. The molecule has 4 heterocycles. The summed E-state index contributed by atoms with van der Waals surface area (Å²) in [5, 5.41) is 0. The number of hydrogen-bond acceptors (Lipinski definition) is 6. The minimum absolute atomic E-state index is 0.219. The maximum absolute atomic E-state index is 15.6. The molecule has 292 valence electrons. The van der Waals surface area contributed by atoms with Crippen molar-refractivity contribution in [2.45, 2.75) is 181 Å². The van der Waals surface area contributed by atoms with Crippen LogP contribution in [0.1, 0.15) is 156 Å². The SMILES string of the molecule is CCCCCCC1=C2C3=C(CCCCCC)C4C(=O)C5C6OC(C7=C(CCCCCC)C8C(=O)C9C2OC3C9C(=O)C8C(CCCCCC)=C76)C5C(=O)C14. The molecule has 0 aromatic heterocycles. The molecule has 6 fully saturated rings. The number of fused-ring (bicyclic) bond motifs is 18. The first-order valence-electron chi connectivity index (χ1n) is 22.8. The van der Waals surface area contributed by atoms with Crippen molar-refractivity contribution in [1.29, 1.82) is 0 Å². The Morgan fingerprint density at radius 1 is 0.333 bits per heavy atom. The zero-order chi connectivity index (χ0) is 37.4. The molecule has 0 amide bonds. The normalized spacial score (nSPS) is 37.7. The van der Waals surface area contributed by atoms with Crippen molar-refractivity contribution in [3.63, 3.8) is 0 Å². The van der Waals surface area contributed by atoms with Gasteiger partial charge in [-0.2, -0.15) is 0 Å². The van der Waals surface area contributed by atoms with E-state index in [9.17, 15) is 0 Å². The lowest BCUT2D eigenvalue weighted by Gasteiger charge is -2.52. The Bertz CT molecular complexity index is 1490. The number of hydrogen-bond donors (Lipinski definition) is 0. The highest BCUT2D eigenvalue weighted by molar-refractivity contribution is 6.09. The fourth-order valence-corrected chi connectivity index (χ4v) is 13.5. The number of Topliss-reactive ketones (excluding diaryl/α,β-unsaturated/α-hetero) is 4. The summed E-state index contributed by atoms with van der Waals surface area (Å²) < 4.78 is 14.1. The molecule has 12 atom stereocenters. The lowest BCUT2D eigenvalue weighted by molar-refractivity contribution is -0.145. The molecule has 6 nitrogen and oxygen atoms in total.